The van der Waals surface area contributed by atoms with Crippen LogP contribution in [0.2, 0.25) is 0 Å². The molecule has 1 aliphatic heterocycles. The molecule has 15 heavy (non-hydrogen) atoms. The van der Waals surface area contributed by atoms with Crippen LogP contribution in [0.4, 0.5) is 0 Å². The van der Waals surface area contributed by atoms with E-state index in [0.717, 1.165) is 12.8 Å². The van der Waals surface area contributed by atoms with E-state index in [1.165, 1.54) is 0 Å². The maximum atomic E-state index is 11.4. The van der Waals surface area contributed by atoms with Gasteiger partial charge in [0.05, 0.1) is 6.61 Å². The van der Waals surface area contributed by atoms with Gasteiger partial charge in [-0.15, -0.1) is 0 Å². The Labute approximate surface area is 89.6 Å². The third kappa shape index (κ3) is 3.51. The van der Waals surface area contributed by atoms with Gasteiger partial charge >= 0.3 is 0 Å². The summed E-state index contributed by atoms with van der Waals surface area (Å²) < 4.78 is 5.29. The molecule has 0 bridgehead atoms. The largest absolute Gasteiger partial charge is 0.379 e. The van der Waals surface area contributed by atoms with E-state index < -0.39 is 12.1 Å². The van der Waals surface area contributed by atoms with Crippen LogP contribution in [0.25, 0.3) is 0 Å². The number of unbranched alkanes of at least 4 members (excludes halogenated alkanes) is 1. The van der Waals surface area contributed by atoms with Gasteiger partial charge < -0.3 is 15.4 Å². The van der Waals surface area contributed by atoms with Crippen molar-refractivity contribution in [3.8, 4) is 0 Å². The lowest BCUT2D eigenvalue weighted by Crippen LogP contribution is -2.62. The maximum absolute atomic E-state index is 11.4. The molecule has 0 aromatic carbocycles. The van der Waals surface area contributed by atoms with E-state index in [4.69, 9.17) is 4.74 Å². The number of ether oxygens (including phenoxy) is 1. The molecule has 0 saturated carbocycles. The normalized spacial score (nSPS) is 26.0. The first-order chi connectivity index (χ1) is 7.15. The van der Waals surface area contributed by atoms with E-state index >= 15 is 0 Å². The molecule has 1 heterocycles. The Bertz CT molecular complexity index is 243. The molecule has 0 aromatic heterocycles. The van der Waals surface area contributed by atoms with E-state index in [-0.39, 0.29) is 18.4 Å². The van der Waals surface area contributed by atoms with Crippen molar-refractivity contribution in [3.05, 3.63) is 0 Å². The minimum absolute atomic E-state index is 0.154. The molecule has 1 fully saturated rings. The number of carbonyl (C=O) groups is 2. The van der Waals surface area contributed by atoms with Gasteiger partial charge in [0.15, 0.2) is 0 Å². The second-order valence-electron chi connectivity index (χ2n) is 3.72. The minimum atomic E-state index is -0.537. The van der Waals surface area contributed by atoms with Gasteiger partial charge in [0, 0.05) is 6.61 Å². The number of amides is 2. The third-order valence-electron chi connectivity index (χ3n) is 2.31. The first-order valence-electron chi connectivity index (χ1n) is 5.33. The van der Waals surface area contributed by atoms with Gasteiger partial charge in [-0.3, -0.25) is 9.59 Å². The topological polar surface area (TPSA) is 67.4 Å². The van der Waals surface area contributed by atoms with Crippen LogP contribution in [0.5, 0.6) is 0 Å². The summed E-state index contributed by atoms with van der Waals surface area (Å²) in [6.45, 7) is 4.61. The van der Waals surface area contributed by atoms with Crippen molar-refractivity contribution in [2.45, 2.75) is 38.8 Å². The summed E-state index contributed by atoms with van der Waals surface area (Å²) in [5.41, 5.74) is 0. The molecule has 0 radical (unpaired) electrons. The third-order valence-corrected chi connectivity index (χ3v) is 2.31. The highest BCUT2D eigenvalue weighted by atomic mass is 16.5. The van der Waals surface area contributed by atoms with Gasteiger partial charge in [-0.1, -0.05) is 13.3 Å². The predicted octanol–water partition coefficient (Wildman–Crippen LogP) is -0.194. The summed E-state index contributed by atoms with van der Waals surface area (Å²) in [7, 11) is 0. The van der Waals surface area contributed by atoms with Crippen molar-refractivity contribution in [1.29, 1.82) is 0 Å². The highest BCUT2D eigenvalue weighted by molar-refractivity contribution is 5.96. The highest BCUT2D eigenvalue weighted by Gasteiger charge is 2.30. The molecule has 1 rings (SSSR count). The zero-order chi connectivity index (χ0) is 11.3. The van der Waals surface area contributed by atoms with Crippen LogP contribution in [0, 0.1) is 0 Å². The Kier molecular flexibility index (Phi) is 4.55. The van der Waals surface area contributed by atoms with Crippen molar-refractivity contribution < 1.29 is 14.3 Å². The van der Waals surface area contributed by atoms with E-state index in [2.05, 4.69) is 17.6 Å². The summed E-state index contributed by atoms with van der Waals surface area (Å²) in [6, 6.07) is -0.977. The molecular weight excluding hydrogens is 196 g/mol. The van der Waals surface area contributed by atoms with Gasteiger partial charge in [0.2, 0.25) is 11.8 Å². The first-order valence-corrected chi connectivity index (χ1v) is 5.33. The lowest BCUT2D eigenvalue weighted by atomic mass is 10.1. The van der Waals surface area contributed by atoms with E-state index in [1.54, 1.807) is 6.92 Å². The zero-order valence-electron chi connectivity index (χ0n) is 9.21. The van der Waals surface area contributed by atoms with E-state index in [1.807, 2.05) is 0 Å². The van der Waals surface area contributed by atoms with Crippen LogP contribution in [0.3, 0.4) is 0 Å². The highest BCUT2D eigenvalue weighted by Crippen LogP contribution is 1.98. The number of hydrogen-bond acceptors (Lipinski definition) is 3. The maximum Gasteiger partial charge on any atom is 0.245 e. The lowest BCUT2D eigenvalue weighted by Gasteiger charge is -2.27. The Balaban J connectivity index is 2.29. The van der Waals surface area contributed by atoms with E-state index in [0.29, 0.717) is 6.61 Å². The zero-order valence-corrected chi connectivity index (χ0v) is 9.21. The molecule has 0 aromatic rings. The van der Waals surface area contributed by atoms with Gasteiger partial charge in [-0.2, -0.15) is 0 Å². The molecular formula is C10H18N2O3. The molecule has 1 saturated heterocycles. The van der Waals surface area contributed by atoms with Crippen LogP contribution in [0.15, 0.2) is 0 Å². The van der Waals surface area contributed by atoms with Crippen molar-refractivity contribution in [2.75, 3.05) is 13.2 Å². The van der Waals surface area contributed by atoms with Crippen molar-refractivity contribution in [3.63, 3.8) is 0 Å². The second-order valence-corrected chi connectivity index (χ2v) is 3.72. The Hall–Kier alpha value is -1.10. The summed E-state index contributed by atoms with van der Waals surface area (Å²) >= 11 is 0. The van der Waals surface area contributed by atoms with Crippen LogP contribution in [-0.2, 0) is 14.3 Å². The van der Waals surface area contributed by atoms with Crippen LogP contribution < -0.4 is 10.6 Å². The summed E-state index contributed by atoms with van der Waals surface area (Å²) in [4.78, 5) is 22.7. The SMILES string of the molecule is CCCCOC[C@@H]1NC(=O)[C@H](C)NC1=O. The van der Waals surface area contributed by atoms with Crippen molar-refractivity contribution in [1.82, 2.24) is 10.6 Å². The quantitative estimate of drug-likeness (QED) is 0.623. The van der Waals surface area contributed by atoms with Gasteiger partial charge in [-0.25, -0.2) is 0 Å². The number of hydrogen-bond donors (Lipinski definition) is 2. The van der Waals surface area contributed by atoms with E-state index in [9.17, 15) is 9.59 Å². The van der Waals surface area contributed by atoms with Gasteiger partial charge in [0.25, 0.3) is 0 Å². The Morgan fingerprint density at radius 2 is 2.00 bits per heavy atom. The predicted molar refractivity (Wildman–Crippen MR) is 55.3 cm³/mol. The second kappa shape index (κ2) is 5.70. The Morgan fingerprint density at radius 3 is 2.67 bits per heavy atom. The monoisotopic (exact) mass is 214 g/mol. The molecule has 0 unspecified atom stereocenters. The fourth-order valence-corrected chi connectivity index (χ4v) is 1.31. The number of carbonyl (C=O) groups excluding carboxylic acids is 2. The molecule has 2 N–H and O–H groups in total. The average Bonchev–Trinajstić information content (AvgIpc) is 2.20. The van der Waals surface area contributed by atoms with Crippen LogP contribution >= 0.6 is 0 Å². The van der Waals surface area contributed by atoms with Crippen LogP contribution in [-0.4, -0.2) is 37.1 Å². The summed E-state index contributed by atoms with van der Waals surface area (Å²) in [5.74, 6) is -0.322. The summed E-state index contributed by atoms with van der Waals surface area (Å²) in [6.07, 6.45) is 2.03. The van der Waals surface area contributed by atoms with Crippen molar-refractivity contribution >= 4 is 11.8 Å². The first kappa shape index (κ1) is 12.0. The Morgan fingerprint density at radius 1 is 1.27 bits per heavy atom. The lowest BCUT2D eigenvalue weighted by molar-refractivity contribution is -0.137. The molecule has 2 amide bonds. The number of rotatable bonds is 5. The molecule has 86 valence electrons. The number of nitrogens with one attached hydrogen (secondary N) is 2. The standard InChI is InChI=1S/C10H18N2O3/c1-3-4-5-15-6-8-10(14)11-7(2)9(13)12-8/h7-8H,3-6H2,1-2H3,(H,11,14)(H,12,13)/t7-,8-/m0/s1. The fraction of sp³-hybridized carbons (Fsp3) is 0.800. The number of piperazine rings is 1. The molecule has 5 nitrogen and oxygen atoms in total. The van der Waals surface area contributed by atoms with Gasteiger partial charge in [-0.05, 0) is 13.3 Å². The summed E-state index contributed by atoms with van der Waals surface area (Å²) in [5, 5.41) is 5.21. The minimum Gasteiger partial charge on any atom is -0.379 e. The van der Waals surface area contributed by atoms with Crippen LogP contribution in [0.1, 0.15) is 26.7 Å². The molecule has 0 aliphatic carbocycles. The molecule has 5 heteroatoms. The molecule has 0 spiro atoms. The fourth-order valence-electron chi connectivity index (χ4n) is 1.31. The average molecular weight is 214 g/mol. The van der Waals surface area contributed by atoms with Crippen molar-refractivity contribution in [2.24, 2.45) is 0 Å². The molecule has 1 aliphatic rings. The molecule has 2 atom stereocenters. The van der Waals surface area contributed by atoms with Gasteiger partial charge in [0.1, 0.15) is 12.1 Å². The smallest absolute Gasteiger partial charge is 0.245 e.